The van der Waals surface area contributed by atoms with Gasteiger partial charge in [0.05, 0.1) is 23.3 Å². The Labute approximate surface area is 201 Å². The smallest absolute Gasteiger partial charge is 0.261 e. The summed E-state index contributed by atoms with van der Waals surface area (Å²) >= 11 is 0. The highest BCUT2D eigenvalue weighted by molar-refractivity contribution is 7.92. The van der Waals surface area contributed by atoms with Gasteiger partial charge in [0.2, 0.25) is 5.56 Å². The average Bonchev–Trinajstić information content (AvgIpc) is 3.32. The Balaban J connectivity index is 1.48. The van der Waals surface area contributed by atoms with E-state index in [4.69, 9.17) is 4.74 Å². The lowest BCUT2D eigenvalue weighted by molar-refractivity contribution is 0.0736. The molecule has 1 aliphatic rings. The van der Waals surface area contributed by atoms with Gasteiger partial charge in [-0.2, -0.15) is 5.10 Å². The molecule has 0 atom stereocenters. The molecule has 180 valence electrons. The normalized spacial score (nSPS) is 13.5. The van der Waals surface area contributed by atoms with Gasteiger partial charge in [0.1, 0.15) is 5.75 Å². The number of fused-ring (bicyclic) bond motifs is 2. The van der Waals surface area contributed by atoms with Gasteiger partial charge in [-0.1, -0.05) is 0 Å². The number of amides is 1. The molecule has 0 bridgehead atoms. The molecule has 1 amide bonds. The second-order valence-corrected chi connectivity index (χ2v) is 9.85. The van der Waals surface area contributed by atoms with E-state index in [2.05, 4.69) is 19.9 Å². The van der Waals surface area contributed by atoms with Crippen LogP contribution in [-0.4, -0.2) is 47.6 Å². The fraction of sp³-hybridized carbons (Fsp3) is 0.208. The lowest BCUT2D eigenvalue weighted by atomic mass is 10.0. The lowest BCUT2D eigenvalue weighted by Crippen LogP contribution is -2.36. The standard InChI is InChI=1S/C24H23N5O5S/c1-2-34-17-5-3-16(4-6-17)28-35(32,33)18-7-8-22-19(11-18)20(12-23(30)26-22)24(31)29-10-9-21-15(14-29)13-25-27-21/h3-8,11-13,28H,2,9-10,14H2,1H3,(H,25,27)(H,26,30). The summed E-state index contributed by atoms with van der Waals surface area (Å²) < 4.78 is 34.1. The zero-order valence-electron chi connectivity index (χ0n) is 18.9. The van der Waals surface area contributed by atoms with Crippen LogP contribution in [-0.2, 0) is 23.0 Å². The SMILES string of the molecule is CCOc1ccc(NS(=O)(=O)c2ccc3[nH]c(=O)cc(C(=O)N4CCc5[nH]ncc5C4)c3c2)cc1. The van der Waals surface area contributed by atoms with E-state index < -0.39 is 15.6 Å². The van der Waals surface area contributed by atoms with Crippen LogP contribution in [0.1, 0.15) is 28.5 Å². The molecular formula is C24H23N5O5S. The molecule has 35 heavy (non-hydrogen) atoms. The predicted molar refractivity (Wildman–Crippen MR) is 130 cm³/mol. The second-order valence-electron chi connectivity index (χ2n) is 8.17. The number of nitrogens with zero attached hydrogens (tertiary/aromatic N) is 2. The molecule has 0 spiro atoms. The van der Waals surface area contributed by atoms with Crippen molar-refractivity contribution < 1.29 is 17.9 Å². The van der Waals surface area contributed by atoms with Crippen LogP contribution >= 0.6 is 0 Å². The van der Waals surface area contributed by atoms with Crippen molar-refractivity contribution in [2.24, 2.45) is 0 Å². The van der Waals surface area contributed by atoms with Crippen molar-refractivity contribution in [3.8, 4) is 5.75 Å². The third-order valence-corrected chi connectivity index (χ3v) is 7.24. The van der Waals surface area contributed by atoms with E-state index in [9.17, 15) is 18.0 Å². The molecule has 3 heterocycles. The summed E-state index contributed by atoms with van der Waals surface area (Å²) in [7, 11) is -3.96. The Morgan fingerprint density at radius 1 is 1.17 bits per heavy atom. The highest BCUT2D eigenvalue weighted by Crippen LogP contribution is 2.26. The van der Waals surface area contributed by atoms with Gasteiger partial charge in [0.15, 0.2) is 0 Å². The molecule has 2 aromatic heterocycles. The molecule has 0 fully saturated rings. The Kier molecular flexibility index (Phi) is 5.77. The van der Waals surface area contributed by atoms with Crippen molar-refractivity contribution in [3.05, 3.63) is 81.9 Å². The van der Waals surface area contributed by atoms with Crippen molar-refractivity contribution in [1.82, 2.24) is 20.1 Å². The summed E-state index contributed by atoms with van der Waals surface area (Å²) in [5.41, 5.74) is 2.36. The van der Waals surface area contributed by atoms with Gasteiger partial charge in [0, 0.05) is 53.4 Å². The minimum absolute atomic E-state index is 0.0317. The zero-order chi connectivity index (χ0) is 24.6. The summed E-state index contributed by atoms with van der Waals surface area (Å²) in [6.07, 6.45) is 2.30. The fourth-order valence-electron chi connectivity index (χ4n) is 4.14. The Morgan fingerprint density at radius 2 is 1.97 bits per heavy atom. The first-order valence-corrected chi connectivity index (χ1v) is 12.6. The maximum Gasteiger partial charge on any atom is 0.261 e. The van der Waals surface area contributed by atoms with Gasteiger partial charge in [-0.3, -0.25) is 19.4 Å². The second kappa shape index (κ2) is 8.91. The number of carbonyl (C=O) groups excluding carboxylic acids is 1. The highest BCUT2D eigenvalue weighted by Gasteiger charge is 2.25. The third-order valence-electron chi connectivity index (χ3n) is 5.86. The van der Waals surface area contributed by atoms with Crippen LogP contribution in [0, 0.1) is 0 Å². The van der Waals surface area contributed by atoms with Gasteiger partial charge in [-0.25, -0.2) is 8.42 Å². The van der Waals surface area contributed by atoms with Crippen LogP contribution in [0.3, 0.4) is 0 Å². The summed E-state index contributed by atoms with van der Waals surface area (Å²) in [5.74, 6) is 0.287. The van der Waals surface area contributed by atoms with Crippen molar-refractivity contribution in [2.75, 3.05) is 17.9 Å². The first-order valence-electron chi connectivity index (χ1n) is 11.1. The molecule has 2 aromatic carbocycles. The van der Waals surface area contributed by atoms with E-state index >= 15 is 0 Å². The highest BCUT2D eigenvalue weighted by atomic mass is 32.2. The van der Waals surface area contributed by atoms with Crippen LogP contribution < -0.4 is 15.0 Å². The van der Waals surface area contributed by atoms with Crippen LogP contribution in [0.2, 0.25) is 0 Å². The van der Waals surface area contributed by atoms with E-state index in [1.54, 1.807) is 35.4 Å². The number of sulfonamides is 1. The summed E-state index contributed by atoms with van der Waals surface area (Å²) in [4.78, 5) is 29.9. The first-order chi connectivity index (χ1) is 16.8. The van der Waals surface area contributed by atoms with Gasteiger partial charge < -0.3 is 14.6 Å². The average molecular weight is 494 g/mol. The number of aromatic nitrogens is 3. The van der Waals surface area contributed by atoms with Gasteiger partial charge in [-0.15, -0.1) is 0 Å². The number of H-pyrrole nitrogens is 2. The molecule has 4 aromatic rings. The molecule has 5 rings (SSSR count). The predicted octanol–water partition coefficient (Wildman–Crippen LogP) is 2.65. The topological polar surface area (TPSA) is 137 Å². The van der Waals surface area contributed by atoms with Crippen LogP contribution in [0.4, 0.5) is 5.69 Å². The molecule has 0 radical (unpaired) electrons. The lowest BCUT2D eigenvalue weighted by Gasteiger charge is -2.27. The Morgan fingerprint density at radius 3 is 2.74 bits per heavy atom. The maximum atomic E-state index is 13.4. The molecule has 0 unspecified atom stereocenters. The number of pyridine rings is 1. The number of ether oxygens (including phenoxy) is 1. The maximum absolute atomic E-state index is 13.4. The number of rotatable bonds is 6. The number of carbonyl (C=O) groups is 1. The molecule has 11 heteroatoms. The summed E-state index contributed by atoms with van der Waals surface area (Å²) in [6, 6.07) is 12.1. The minimum atomic E-state index is -3.96. The van der Waals surface area contributed by atoms with E-state index in [-0.39, 0.29) is 16.4 Å². The monoisotopic (exact) mass is 493 g/mol. The van der Waals surface area contributed by atoms with Gasteiger partial charge in [0.25, 0.3) is 15.9 Å². The van der Waals surface area contributed by atoms with Gasteiger partial charge in [-0.05, 0) is 49.4 Å². The molecular weight excluding hydrogens is 470 g/mol. The third kappa shape index (κ3) is 4.50. The number of anilines is 1. The summed E-state index contributed by atoms with van der Waals surface area (Å²) in [5, 5.41) is 7.30. The fourth-order valence-corrected chi connectivity index (χ4v) is 5.23. The number of nitrogens with one attached hydrogen (secondary N) is 3. The number of hydrogen-bond acceptors (Lipinski definition) is 6. The molecule has 10 nitrogen and oxygen atoms in total. The van der Waals surface area contributed by atoms with E-state index in [0.29, 0.717) is 48.5 Å². The van der Waals surface area contributed by atoms with E-state index in [0.717, 1.165) is 11.3 Å². The Hall–Kier alpha value is -4.12. The molecule has 3 N–H and O–H groups in total. The van der Waals surface area contributed by atoms with E-state index in [1.807, 2.05) is 6.92 Å². The molecule has 0 aliphatic carbocycles. The first kappa shape index (κ1) is 22.7. The van der Waals surface area contributed by atoms with Crippen LogP contribution in [0.15, 0.2) is 64.4 Å². The number of aromatic amines is 2. The number of hydrogen-bond donors (Lipinski definition) is 3. The minimum Gasteiger partial charge on any atom is -0.494 e. The van der Waals surface area contributed by atoms with Crippen molar-refractivity contribution in [1.29, 1.82) is 0 Å². The van der Waals surface area contributed by atoms with E-state index in [1.165, 1.54) is 24.3 Å². The molecule has 1 aliphatic heterocycles. The largest absolute Gasteiger partial charge is 0.494 e. The van der Waals surface area contributed by atoms with Crippen molar-refractivity contribution in [2.45, 2.75) is 24.8 Å². The number of benzene rings is 2. The Bertz CT molecular complexity index is 1570. The quantitative estimate of drug-likeness (QED) is 0.378. The molecule has 0 saturated carbocycles. The van der Waals surface area contributed by atoms with Crippen molar-refractivity contribution >= 4 is 32.5 Å². The van der Waals surface area contributed by atoms with Crippen LogP contribution in [0.25, 0.3) is 10.9 Å². The van der Waals surface area contributed by atoms with Gasteiger partial charge >= 0.3 is 0 Å². The zero-order valence-corrected chi connectivity index (χ0v) is 19.7. The van der Waals surface area contributed by atoms with Crippen LogP contribution in [0.5, 0.6) is 5.75 Å². The summed E-state index contributed by atoms with van der Waals surface area (Å²) in [6.45, 7) is 3.18. The van der Waals surface area contributed by atoms with Crippen molar-refractivity contribution in [3.63, 3.8) is 0 Å². The molecule has 0 saturated heterocycles.